The van der Waals surface area contributed by atoms with E-state index in [0.29, 0.717) is 30.7 Å². The molecule has 0 aromatic carbocycles. The lowest BCUT2D eigenvalue weighted by atomic mass is 9.33. The molecule has 0 aromatic heterocycles. The molecule has 4 fully saturated rings. The van der Waals surface area contributed by atoms with Gasteiger partial charge in [-0.2, -0.15) is 0 Å². The van der Waals surface area contributed by atoms with Gasteiger partial charge in [0, 0.05) is 5.88 Å². The second kappa shape index (κ2) is 9.73. The maximum Gasteiger partial charge on any atom is 0.312 e. The fourth-order valence-corrected chi connectivity index (χ4v) is 11.4. The molecule has 4 nitrogen and oxygen atoms in total. The lowest BCUT2D eigenvalue weighted by Crippen LogP contribution is -2.67. The molecule has 4 saturated carbocycles. The van der Waals surface area contributed by atoms with Crippen LogP contribution in [0.1, 0.15) is 119 Å². The minimum absolute atomic E-state index is 0.0234. The van der Waals surface area contributed by atoms with Gasteiger partial charge in [-0.15, -0.1) is 11.6 Å². The molecule has 5 rings (SSSR count). The van der Waals surface area contributed by atoms with Crippen molar-refractivity contribution in [3.63, 3.8) is 0 Å². The molecule has 0 bridgehead atoms. The molecule has 0 unspecified atom stereocenters. The number of carbonyl (C=O) groups is 1. The van der Waals surface area contributed by atoms with E-state index >= 15 is 0 Å². The maximum atomic E-state index is 13.9. The van der Waals surface area contributed by atoms with E-state index < -0.39 is 17.6 Å². The number of esters is 1. The first-order chi connectivity index (χ1) is 18.1. The SMILES string of the molecule is CC1(C)CC[C@]2(C(=O)OCCCCCl)CC[C@]3(C)C(=CC[C@@H]4[C@@]5(C)C[C@@H](O)[C@H](O)C(C)(C)[C@@H]5CC[C@]43C)[C@@H]2C1. The number of halogens is 1. The number of rotatable bonds is 5. The smallest absolute Gasteiger partial charge is 0.312 e. The van der Waals surface area contributed by atoms with Gasteiger partial charge in [-0.25, -0.2) is 0 Å². The molecule has 0 spiro atoms. The molecule has 5 aliphatic carbocycles. The number of carbonyl (C=O) groups excluding carboxylic acids is 1. The topological polar surface area (TPSA) is 66.8 Å². The maximum absolute atomic E-state index is 13.9. The first kappa shape index (κ1) is 29.9. The average molecular weight is 563 g/mol. The van der Waals surface area contributed by atoms with Crippen LogP contribution in [0.4, 0.5) is 0 Å². The van der Waals surface area contributed by atoms with E-state index in [4.69, 9.17) is 16.3 Å². The molecule has 5 aliphatic rings. The fraction of sp³-hybridized carbons (Fsp3) is 0.912. The number of hydrogen-bond donors (Lipinski definition) is 2. The summed E-state index contributed by atoms with van der Waals surface area (Å²) in [6.07, 6.45) is 11.8. The van der Waals surface area contributed by atoms with Gasteiger partial charge in [0.15, 0.2) is 0 Å². The summed E-state index contributed by atoms with van der Waals surface area (Å²) < 4.78 is 6.01. The van der Waals surface area contributed by atoms with Crippen molar-refractivity contribution in [2.45, 2.75) is 131 Å². The Morgan fingerprint density at radius 3 is 2.33 bits per heavy atom. The zero-order chi connectivity index (χ0) is 28.6. The lowest BCUT2D eigenvalue weighted by Gasteiger charge is -2.71. The van der Waals surface area contributed by atoms with Crippen LogP contribution >= 0.6 is 11.6 Å². The molecule has 0 aliphatic heterocycles. The Labute approximate surface area is 242 Å². The van der Waals surface area contributed by atoms with E-state index in [1.807, 2.05) is 0 Å². The number of fused-ring (bicyclic) bond motifs is 7. The molecule has 39 heavy (non-hydrogen) atoms. The molecule has 0 heterocycles. The van der Waals surface area contributed by atoms with Crippen LogP contribution in [0.5, 0.6) is 0 Å². The monoisotopic (exact) mass is 562 g/mol. The standard InChI is InChI=1S/C34H55ClO4/c1-29(2)14-16-34(28(38)39-19-9-8-18-35)17-15-32(6)22(23(34)20-29)10-11-26-31(5)21-24(36)27(37)30(3,4)25(31)12-13-33(26,32)7/h10,23-27,36-37H,8-9,11-21H2,1-7H3/t23-,24+,25-,26+,27-,31-,32+,33+,34-/m0/s1. The lowest BCUT2D eigenvalue weighted by molar-refractivity contribution is -0.232. The third-order valence-corrected chi connectivity index (χ3v) is 14.0. The van der Waals surface area contributed by atoms with Gasteiger partial charge in [0.2, 0.25) is 0 Å². The largest absolute Gasteiger partial charge is 0.465 e. The van der Waals surface area contributed by atoms with E-state index in [1.54, 1.807) is 0 Å². The molecule has 0 saturated heterocycles. The van der Waals surface area contributed by atoms with Crippen molar-refractivity contribution in [3.05, 3.63) is 11.6 Å². The van der Waals surface area contributed by atoms with Gasteiger partial charge in [0.1, 0.15) is 0 Å². The number of unbranched alkanes of at least 4 members (excludes halogenated alkanes) is 1. The van der Waals surface area contributed by atoms with Crippen LogP contribution in [0, 0.1) is 50.2 Å². The van der Waals surface area contributed by atoms with E-state index in [-0.39, 0.29) is 39.0 Å². The Morgan fingerprint density at radius 2 is 1.64 bits per heavy atom. The van der Waals surface area contributed by atoms with Gasteiger partial charge in [-0.3, -0.25) is 4.79 Å². The first-order valence-corrected chi connectivity index (χ1v) is 16.4. The fourth-order valence-electron chi connectivity index (χ4n) is 11.3. The normalized spacial score (nSPS) is 48.1. The number of ether oxygens (including phenoxy) is 1. The molecular formula is C34H55ClO4. The summed E-state index contributed by atoms with van der Waals surface area (Å²) >= 11 is 5.88. The third kappa shape index (κ3) is 4.22. The van der Waals surface area contributed by atoms with Crippen molar-refractivity contribution in [3.8, 4) is 0 Å². The molecule has 5 heteroatoms. The van der Waals surface area contributed by atoms with Gasteiger partial charge in [0.25, 0.3) is 0 Å². The van der Waals surface area contributed by atoms with Crippen molar-refractivity contribution in [1.29, 1.82) is 0 Å². The predicted octanol–water partition coefficient (Wildman–Crippen LogP) is 7.68. The van der Waals surface area contributed by atoms with E-state index in [1.165, 1.54) is 5.57 Å². The number of aliphatic hydroxyl groups excluding tert-OH is 2. The summed E-state index contributed by atoms with van der Waals surface area (Å²) in [6, 6.07) is 0. The highest BCUT2D eigenvalue weighted by atomic mass is 35.5. The van der Waals surface area contributed by atoms with Crippen LogP contribution in [-0.2, 0) is 9.53 Å². The van der Waals surface area contributed by atoms with E-state index in [2.05, 4.69) is 54.5 Å². The summed E-state index contributed by atoms with van der Waals surface area (Å²) in [4.78, 5) is 13.9. The number of allylic oxidation sites excluding steroid dienone is 2. The predicted molar refractivity (Wildman–Crippen MR) is 157 cm³/mol. The summed E-state index contributed by atoms with van der Waals surface area (Å²) in [5.74, 6) is 1.72. The highest BCUT2D eigenvalue weighted by Crippen LogP contribution is 2.75. The minimum atomic E-state index is -0.673. The Morgan fingerprint density at radius 1 is 0.949 bits per heavy atom. The molecule has 2 N–H and O–H groups in total. The average Bonchev–Trinajstić information content (AvgIpc) is 2.85. The highest BCUT2D eigenvalue weighted by Gasteiger charge is 2.70. The van der Waals surface area contributed by atoms with Crippen LogP contribution < -0.4 is 0 Å². The van der Waals surface area contributed by atoms with Crippen molar-refractivity contribution in [2.24, 2.45) is 50.2 Å². The van der Waals surface area contributed by atoms with E-state index in [9.17, 15) is 15.0 Å². The molecule has 0 aromatic rings. The Hall–Kier alpha value is -0.580. The third-order valence-electron chi connectivity index (χ3n) is 13.7. The van der Waals surface area contributed by atoms with Crippen molar-refractivity contribution >= 4 is 17.6 Å². The highest BCUT2D eigenvalue weighted by molar-refractivity contribution is 6.17. The summed E-state index contributed by atoms with van der Waals surface area (Å²) in [5.41, 5.74) is 1.13. The number of hydrogen-bond acceptors (Lipinski definition) is 4. The Kier molecular flexibility index (Phi) is 7.46. The van der Waals surface area contributed by atoms with E-state index in [0.717, 1.165) is 64.2 Å². The van der Waals surface area contributed by atoms with Crippen LogP contribution in [0.3, 0.4) is 0 Å². The first-order valence-electron chi connectivity index (χ1n) is 15.9. The van der Waals surface area contributed by atoms with Crippen molar-refractivity contribution in [1.82, 2.24) is 0 Å². The molecule has 222 valence electrons. The second-order valence-corrected chi connectivity index (χ2v) is 16.8. The minimum Gasteiger partial charge on any atom is -0.465 e. The molecule has 9 atom stereocenters. The van der Waals surface area contributed by atoms with Crippen LogP contribution in [-0.4, -0.2) is 40.9 Å². The van der Waals surface area contributed by atoms with Crippen LogP contribution in [0.2, 0.25) is 0 Å². The Balaban J connectivity index is 1.53. The Bertz CT molecular complexity index is 1000. The van der Waals surface area contributed by atoms with Gasteiger partial charge < -0.3 is 14.9 Å². The van der Waals surface area contributed by atoms with Gasteiger partial charge in [0.05, 0.1) is 24.2 Å². The molecule has 0 radical (unpaired) electrons. The quantitative estimate of drug-likeness (QED) is 0.156. The van der Waals surface area contributed by atoms with Gasteiger partial charge in [-0.1, -0.05) is 60.1 Å². The van der Waals surface area contributed by atoms with Crippen LogP contribution in [0.15, 0.2) is 11.6 Å². The molecule has 0 amide bonds. The van der Waals surface area contributed by atoms with Crippen LogP contribution in [0.25, 0.3) is 0 Å². The summed E-state index contributed by atoms with van der Waals surface area (Å²) in [7, 11) is 0. The summed E-state index contributed by atoms with van der Waals surface area (Å²) in [5, 5.41) is 22.1. The summed E-state index contributed by atoms with van der Waals surface area (Å²) in [6.45, 7) is 17.1. The number of alkyl halides is 1. The zero-order valence-corrected chi connectivity index (χ0v) is 26.5. The van der Waals surface area contributed by atoms with Crippen molar-refractivity contribution < 1.29 is 19.7 Å². The van der Waals surface area contributed by atoms with Gasteiger partial charge in [-0.05, 0) is 115 Å². The molecular weight excluding hydrogens is 508 g/mol. The van der Waals surface area contributed by atoms with Crippen molar-refractivity contribution in [2.75, 3.05) is 12.5 Å². The zero-order valence-electron chi connectivity index (χ0n) is 25.7. The van der Waals surface area contributed by atoms with Gasteiger partial charge >= 0.3 is 5.97 Å². The second-order valence-electron chi connectivity index (χ2n) is 16.4. The number of aliphatic hydroxyl groups is 2.